The van der Waals surface area contributed by atoms with Crippen LogP contribution in [-0.4, -0.2) is 28.6 Å². The summed E-state index contributed by atoms with van der Waals surface area (Å²) in [7, 11) is 0. The molecule has 2 N–H and O–H groups in total. The molecule has 0 fully saturated rings. The number of hydrogen-bond acceptors (Lipinski definition) is 5. The summed E-state index contributed by atoms with van der Waals surface area (Å²) in [4.78, 5) is 52.9. The first kappa shape index (κ1) is 26.8. The maximum Gasteiger partial charge on any atom is 0.248 e. The zero-order valence-corrected chi connectivity index (χ0v) is 22.5. The van der Waals surface area contributed by atoms with Crippen molar-refractivity contribution < 1.29 is 19.2 Å². The summed E-state index contributed by atoms with van der Waals surface area (Å²) < 4.78 is 0. The minimum absolute atomic E-state index is 0.215. The van der Waals surface area contributed by atoms with Gasteiger partial charge in [0.05, 0.1) is 16.5 Å². The van der Waals surface area contributed by atoms with Crippen LogP contribution < -0.4 is 10.6 Å². The number of fused-ring (bicyclic) bond motifs is 2. The number of amides is 2. The molecule has 1 aliphatic carbocycles. The number of benzene rings is 4. The van der Waals surface area contributed by atoms with Crippen molar-refractivity contribution in [1.82, 2.24) is 0 Å². The van der Waals surface area contributed by atoms with E-state index < -0.39 is 5.25 Å². The van der Waals surface area contributed by atoms with Crippen molar-refractivity contribution in [3.63, 3.8) is 0 Å². The van der Waals surface area contributed by atoms with Gasteiger partial charge in [-0.2, -0.15) is 0 Å². The van der Waals surface area contributed by atoms with Crippen LogP contribution in [0, 0.1) is 0 Å². The molecule has 198 valence electrons. The van der Waals surface area contributed by atoms with Crippen LogP contribution in [0.15, 0.2) is 108 Å². The summed E-state index contributed by atoms with van der Waals surface area (Å²) in [6, 6.07) is 28.5. The third-order valence-corrected chi connectivity index (χ3v) is 7.84. The minimum Gasteiger partial charge on any atom is -0.324 e. The molecule has 0 spiro atoms. The number of anilines is 2. The summed E-state index contributed by atoms with van der Waals surface area (Å²) in [5, 5.41) is 5.27. The Labute approximate surface area is 236 Å². The van der Waals surface area contributed by atoms with Crippen LogP contribution >= 0.6 is 11.8 Å². The molecule has 7 heteroatoms. The lowest BCUT2D eigenvalue weighted by atomic mass is 9.83. The molecule has 2 amide bonds. The smallest absolute Gasteiger partial charge is 0.248 e. The second kappa shape index (κ2) is 12.0. The molecule has 1 unspecified atom stereocenters. The predicted octanol–water partition coefficient (Wildman–Crippen LogP) is 6.62. The van der Waals surface area contributed by atoms with Crippen LogP contribution in [0.3, 0.4) is 0 Å². The molecule has 0 saturated heterocycles. The van der Waals surface area contributed by atoms with Gasteiger partial charge in [0.2, 0.25) is 11.8 Å². The third kappa shape index (κ3) is 5.80. The van der Waals surface area contributed by atoms with E-state index in [-0.39, 0.29) is 34.5 Å². The second-order valence-corrected chi connectivity index (χ2v) is 10.5. The lowest BCUT2D eigenvalue weighted by Gasteiger charge is -2.21. The van der Waals surface area contributed by atoms with Crippen LogP contribution in [0.5, 0.6) is 0 Å². The highest BCUT2D eigenvalue weighted by Crippen LogP contribution is 2.33. The van der Waals surface area contributed by atoms with Gasteiger partial charge in [-0.25, -0.2) is 0 Å². The fourth-order valence-corrected chi connectivity index (χ4v) is 5.53. The molecule has 0 aromatic heterocycles. The molecule has 1 aliphatic rings. The minimum atomic E-state index is -0.471. The summed E-state index contributed by atoms with van der Waals surface area (Å²) in [5.41, 5.74) is 3.06. The Morgan fingerprint density at radius 3 is 2.20 bits per heavy atom. The number of hydrogen-bond donors (Lipinski definition) is 2. The largest absolute Gasteiger partial charge is 0.324 e. The molecule has 5 rings (SSSR count). The van der Waals surface area contributed by atoms with Gasteiger partial charge >= 0.3 is 0 Å². The fourth-order valence-electron chi connectivity index (χ4n) is 4.52. The van der Waals surface area contributed by atoms with Crippen molar-refractivity contribution in [2.24, 2.45) is 0 Å². The molecule has 0 radical (unpaired) electrons. The quantitative estimate of drug-likeness (QED) is 0.169. The number of nitrogens with one attached hydrogen (secondary N) is 2. The summed E-state index contributed by atoms with van der Waals surface area (Å²) in [5.74, 6) is -1.06. The Bertz CT molecular complexity index is 1650. The van der Waals surface area contributed by atoms with Crippen molar-refractivity contribution in [1.29, 1.82) is 0 Å². The van der Waals surface area contributed by atoms with Crippen LogP contribution in [0.4, 0.5) is 11.4 Å². The zero-order valence-electron chi connectivity index (χ0n) is 21.7. The molecule has 1 atom stereocenters. The molecular weight excluding hydrogens is 520 g/mol. The van der Waals surface area contributed by atoms with E-state index in [0.29, 0.717) is 28.9 Å². The SMILES string of the molecule is CCC(Sc1cccc(NC(=O)/C=C/c2ccccc2)c1)C(=O)Nc1cccc2c1C(=O)c1ccccc1C2=O. The van der Waals surface area contributed by atoms with E-state index in [0.717, 1.165) is 10.5 Å². The monoisotopic (exact) mass is 546 g/mol. The second-order valence-electron chi connectivity index (χ2n) is 9.20. The van der Waals surface area contributed by atoms with Crippen LogP contribution in [-0.2, 0) is 9.59 Å². The van der Waals surface area contributed by atoms with Crippen molar-refractivity contribution in [3.05, 3.63) is 131 Å². The van der Waals surface area contributed by atoms with E-state index in [1.807, 2.05) is 55.5 Å². The molecule has 6 nitrogen and oxygen atoms in total. The van der Waals surface area contributed by atoms with Gasteiger partial charge in [-0.05, 0) is 42.3 Å². The van der Waals surface area contributed by atoms with Crippen LogP contribution in [0.1, 0.15) is 50.8 Å². The third-order valence-electron chi connectivity index (χ3n) is 6.48. The number of carbonyl (C=O) groups excluding carboxylic acids is 4. The van der Waals surface area contributed by atoms with Gasteiger partial charge in [0.15, 0.2) is 11.6 Å². The first-order valence-corrected chi connectivity index (χ1v) is 13.8. The lowest BCUT2D eigenvalue weighted by Crippen LogP contribution is -2.28. The number of thioether (sulfide) groups is 1. The average Bonchev–Trinajstić information content (AvgIpc) is 2.98. The van der Waals surface area contributed by atoms with Crippen molar-refractivity contribution in [2.45, 2.75) is 23.5 Å². The first-order chi connectivity index (χ1) is 19.4. The van der Waals surface area contributed by atoms with Crippen LogP contribution in [0.25, 0.3) is 6.08 Å². The van der Waals surface area contributed by atoms with E-state index in [1.54, 1.807) is 54.6 Å². The molecule has 0 saturated carbocycles. The standard InChI is InChI=1S/C33H26N2O4S/c1-2-28(40-23-13-8-12-22(20-23)34-29(36)19-18-21-10-4-3-5-11-21)33(39)35-27-17-9-16-26-30(27)32(38)25-15-7-6-14-24(25)31(26)37/h3-20,28H,2H2,1H3,(H,34,36)(H,35,39)/b19-18+. The predicted molar refractivity (Wildman–Crippen MR) is 159 cm³/mol. The highest BCUT2D eigenvalue weighted by atomic mass is 32.2. The number of rotatable bonds is 8. The lowest BCUT2D eigenvalue weighted by molar-refractivity contribution is -0.115. The summed E-state index contributed by atoms with van der Waals surface area (Å²) in [6.07, 6.45) is 3.74. The highest BCUT2D eigenvalue weighted by Gasteiger charge is 2.32. The Morgan fingerprint density at radius 2 is 1.45 bits per heavy atom. The van der Waals surface area contributed by atoms with E-state index in [2.05, 4.69) is 10.6 Å². The van der Waals surface area contributed by atoms with E-state index in [9.17, 15) is 19.2 Å². The molecule has 4 aromatic carbocycles. The Kier molecular flexibility index (Phi) is 8.03. The van der Waals surface area contributed by atoms with Gasteiger partial charge in [-0.1, -0.05) is 79.7 Å². The van der Waals surface area contributed by atoms with Gasteiger partial charge in [0.1, 0.15) is 0 Å². The zero-order chi connectivity index (χ0) is 28.1. The molecular formula is C33H26N2O4S. The van der Waals surface area contributed by atoms with Gasteiger partial charge in [-0.15, -0.1) is 11.8 Å². The van der Waals surface area contributed by atoms with Gasteiger partial charge in [0.25, 0.3) is 0 Å². The van der Waals surface area contributed by atoms with Crippen LogP contribution in [0.2, 0.25) is 0 Å². The fraction of sp³-hybridized carbons (Fsp3) is 0.0909. The van der Waals surface area contributed by atoms with E-state index in [1.165, 1.54) is 17.8 Å². The first-order valence-electron chi connectivity index (χ1n) is 12.9. The maximum atomic E-state index is 13.3. The normalized spacial score (nSPS) is 12.9. The maximum absolute atomic E-state index is 13.3. The molecule has 4 aromatic rings. The Balaban J connectivity index is 1.29. The summed E-state index contributed by atoms with van der Waals surface area (Å²) in [6.45, 7) is 1.91. The molecule has 0 bridgehead atoms. The van der Waals surface area contributed by atoms with Crippen molar-refractivity contribution >= 4 is 52.6 Å². The topological polar surface area (TPSA) is 92.3 Å². The molecule has 40 heavy (non-hydrogen) atoms. The Morgan fingerprint density at radius 1 is 0.775 bits per heavy atom. The van der Waals surface area contributed by atoms with Gasteiger partial charge < -0.3 is 10.6 Å². The molecule has 0 aliphatic heterocycles. The highest BCUT2D eigenvalue weighted by molar-refractivity contribution is 8.00. The Hall–Kier alpha value is -4.75. The number of ketones is 2. The van der Waals surface area contributed by atoms with Gasteiger partial charge in [0, 0.05) is 33.3 Å². The average molecular weight is 547 g/mol. The van der Waals surface area contributed by atoms with Gasteiger partial charge in [-0.3, -0.25) is 19.2 Å². The molecule has 0 heterocycles. The number of carbonyl (C=O) groups is 4. The van der Waals surface area contributed by atoms with E-state index in [4.69, 9.17) is 0 Å². The van der Waals surface area contributed by atoms with E-state index >= 15 is 0 Å². The summed E-state index contributed by atoms with van der Waals surface area (Å²) >= 11 is 1.36. The van der Waals surface area contributed by atoms with Crippen molar-refractivity contribution in [3.8, 4) is 0 Å². The van der Waals surface area contributed by atoms with Crippen molar-refractivity contribution in [2.75, 3.05) is 10.6 Å².